The molecule has 0 amide bonds. The molecule has 3 aromatic carbocycles. The lowest BCUT2D eigenvalue weighted by Gasteiger charge is -2.06. The first-order valence-corrected chi connectivity index (χ1v) is 9.73. The maximum Gasteiger partial charge on any atom is 0.209 e. The molecule has 2 heterocycles. The second-order valence-corrected chi connectivity index (χ2v) is 7.25. The third kappa shape index (κ3) is 2.90. The minimum Gasteiger partial charge on any atom is -0.296 e. The molecule has 5 rings (SSSR count). The molecule has 0 radical (unpaired) electrons. The molecule has 0 atom stereocenters. The highest BCUT2D eigenvalue weighted by Crippen LogP contribution is 2.27. The molecule has 5 aromatic rings. The summed E-state index contributed by atoms with van der Waals surface area (Å²) in [6, 6.07) is 26.9. The standard InChI is InChI=1S/C26H18N2O2/c1-17(29)22-15-24(28-16-27-23-10-6-5-9-21(23)25(22)28)26(30)20-13-11-19(12-14-20)18-7-3-2-4-8-18/h2-16H,1H3. The van der Waals surface area contributed by atoms with Gasteiger partial charge in [0, 0.05) is 16.5 Å². The molecule has 0 aliphatic rings. The van der Waals surface area contributed by atoms with Crippen LogP contribution in [0.1, 0.15) is 33.3 Å². The van der Waals surface area contributed by atoms with Gasteiger partial charge in [-0.1, -0.05) is 72.8 Å². The van der Waals surface area contributed by atoms with E-state index >= 15 is 0 Å². The molecule has 0 fully saturated rings. The van der Waals surface area contributed by atoms with Crippen molar-refractivity contribution in [2.45, 2.75) is 6.92 Å². The van der Waals surface area contributed by atoms with Crippen LogP contribution in [0.4, 0.5) is 0 Å². The van der Waals surface area contributed by atoms with Gasteiger partial charge in [0.05, 0.1) is 16.7 Å². The Morgan fingerprint density at radius 1 is 0.800 bits per heavy atom. The molecular formula is C26H18N2O2. The van der Waals surface area contributed by atoms with E-state index in [-0.39, 0.29) is 11.6 Å². The SMILES string of the molecule is CC(=O)c1cc(C(=O)c2ccc(-c3ccccc3)cc2)n2cnc3ccccc3c12. The number of carbonyl (C=O) groups excluding carboxylic acids is 2. The molecular weight excluding hydrogens is 372 g/mol. The number of Topliss-reactive ketones (excluding diaryl/α,β-unsaturated/α-hetero) is 1. The van der Waals surface area contributed by atoms with E-state index < -0.39 is 0 Å². The van der Waals surface area contributed by atoms with E-state index in [4.69, 9.17) is 0 Å². The summed E-state index contributed by atoms with van der Waals surface area (Å²) in [5.41, 5.74) is 5.17. The van der Waals surface area contributed by atoms with Crippen LogP contribution in [-0.2, 0) is 0 Å². The molecule has 4 nitrogen and oxygen atoms in total. The molecule has 0 saturated carbocycles. The Kier molecular flexibility index (Phi) is 4.25. The molecule has 0 unspecified atom stereocenters. The van der Waals surface area contributed by atoms with Crippen LogP contribution in [0.5, 0.6) is 0 Å². The van der Waals surface area contributed by atoms with E-state index in [1.54, 1.807) is 16.8 Å². The van der Waals surface area contributed by atoms with Crippen LogP contribution in [0.3, 0.4) is 0 Å². The summed E-state index contributed by atoms with van der Waals surface area (Å²) in [4.78, 5) is 30.1. The predicted octanol–water partition coefficient (Wildman–Crippen LogP) is 5.59. The molecule has 0 spiro atoms. The maximum absolute atomic E-state index is 13.3. The van der Waals surface area contributed by atoms with Crippen molar-refractivity contribution in [2.24, 2.45) is 0 Å². The first kappa shape index (κ1) is 18.0. The highest BCUT2D eigenvalue weighted by atomic mass is 16.1. The van der Waals surface area contributed by atoms with Crippen LogP contribution in [0.25, 0.3) is 27.5 Å². The fourth-order valence-electron chi connectivity index (χ4n) is 3.86. The number of hydrogen-bond donors (Lipinski definition) is 0. The molecule has 30 heavy (non-hydrogen) atoms. The average Bonchev–Trinajstić information content (AvgIpc) is 3.20. The lowest BCUT2D eigenvalue weighted by atomic mass is 10.0. The molecule has 0 aliphatic carbocycles. The minimum atomic E-state index is -0.144. The summed E-state index contributed by atoms with van der Waals surface area (Å²) in [5.74, 6) is -0.225. The number of carbonyl (C=O) groups is 2. The quantitative estimate of drug-likeness (QED) is 0.376. The third-order valence-electron chi connectivity index (χ3n) is 5.37. The Hall–Kier alpha value is -4.05. The Labute approximate surface area is 173 Å². The molecule has 0 aliphatic heterocycles. The van der Waals surface area contributed by atoms with E-state index in [0.29, 0.717) is 16.8 Å². The summed E-state index contributed by atoms with van der Waals surface area (Å²) in [6.45, 7) is 1.52. The highest BCUT2D eigenvalue weighted by Gasteiger charge is 2.21. The summed E-state index contributed by atoms with van der Waals surface area (Å²) in [7, 11) is 0. The molecule has 144 valence electrons. The van der Waals surface area contributed by atoms with Crippen LogP contribution in [0, 0.1) is 0 Å². The van der Waals surface area contributed by atoms with Gasteiger partial charge in [-0.15, -0.1) is 0 Å². The second kappa shape index (κ2) is 7.08. The van der Waals surface area contributed by atoms with E-state index in [2.05, 4.69) is 4.98 Å². The number of para-hydroxylation sites is 1. The predicted molar refractivity (Wildman–Crippen MR) is 118 cm³/mol. The number of rotatable bonds is 4. The van der Waals surface area contributed by atoms with Crippen LogP contribution < -0.4 is 0 Å². The van der Waals surface area contributed by atoms with Gasteiger partial charge < -0.3 is 0 Å². The third-order valence-corrected chi connectivity index (χ3v) is 5.37. The van der Waals surface area contributed by atoms with Crippen LogP contribution in [-0.4, -0.2) is 21.0 Å². The van der Waals surface area contributed by atoms with E-state index in [1.165, 1.54) is 6.92 Å². The minimum absolute atomic E-state index is 0.0812. The lowest BCUT2D eigenvalue weighted by molar-refractivity contribution is 0.101. The van der Waals surface area contributed by atoms with E-state index in [1.807, 2.05) is 78.9 Å². The highest BCUT2D eigenvalue weighted by molar-refractivity contribution is 6.15. The topological polar surface area (TPSA) is 51.4 Å². The Bertz CT molecular complexity index is 1410. The second-order valence-electron chi connectivity index (χ2n) is 7.25. The molecule has 2 aromatic heterocycles. The van der Waals surface area contributed by atoms with Crippen molar-refractivity contribution < 1.29 is 9.59 Å². The van der Waals surface area contributed by atoms with Crippen LogP contribution in [0.15, 0.2) is 91.3 Å². The fourth-order valence-corrected chi connectivity index (χ4v) is 3.86. The van der Waals surface area contributed by atoms with E-state index in [9.17, 15) is 9.59 Å². The van der Waals surface area contributed by atoms with Crippen molar-refractivity contribution in [3.63, 3.8) is 0 Å². The summed E-state index contributed by atoms with van der Waals surface area (Å²) in [5, 5.41) is 0.851. The molecule has 4 heteroatoms. The number of hydrogen-bond acceptors (Lipinski definition) is 3. The summed E-state index contributed by atoms with van der Waals surface area (Å²) in [6.07, 6.45) is 1.62. The molecule has 0 bridgehead atoms. The zero-order valence-corrected chi connectivity index (χ0v) is 16.4. The van der Waals surface area contributed by atoms with Crippen molar-refractivity contribution >= 4 is 28.0 Å². The lowest BCUT2D eigenvalue weighted by Crippen LogP contribution is -2.05. The summed E-state index contributed by atoms with van der Waals surface area (Å²) >= 11 is 0. The number of aromatic nitrogens is 2. The normalized spacial score (nSPS) is 11.1. The molecule has 0 saturated heterocycles. The van der Waals surface area contributed by atoms with Gasteiger partial charge in [0.2, 0.25) is 5.78 Å². The van der Waals surface area contributed by atoms with Crippen LogP contribution in [0.2, 0.25) is 0 Å². The maximum atomic E-state index is 13.3. The Morgan fingerprint density at radius 3 is 2.20 bits per heavy atom. The fraction of sp³-hybridized carbons (Fsp3) is 0.0385. The zero-order valence-electron chi connectivity index (χ0n) is 16.4. The van der Waals surface area contributed by atoms with Gasteiger partial charge in [0.25, 0.3) is 0 Å². The van der Waals surface area contributed by atoms with E-state index in [0.717, 1.165) is 27.5 Å². The van der Waals surface area contributed by atoms with Crippen LogP contribution >= 0.6 is 0 Å². The average molecular weight is 390 g/mol. The summed E-state index contributed by atoms with van der Waals surface area (Å²) < 4.78 is 1.73. The number of fused-ring (bicyclic) bond motifs is 3. The first-order valence-electron chi connectivity index (χ1n) is 9.73. The first-order chi connectivity index (χ1) is 14.6. The number of ketones is 2. The van der Waals surface area contributed by atoms with Crippen molar-refractivity contribution in [3.8, 4) is 11.1 Å². The van der Waals surface area contributed by atoms with Gasteiger partial charge in [0.1, 0.15) is 6.33 Å². The van der Waals surface area contributed by atoms with Crippen molar-refractivity contribution in [1.82, 2.24) is 9.38 Å². The van der Waals surface area contributed by atoms with Gasteiger partial charge in [-0.3, -0.25) is 14.0 Å². The number of nitrogens with zero attached hydrogens (tertiary/aromatic N) is 2. The van der Waals surface area contributed by atoms with Gasteiger partial charge in [-0.2, -0.15) is 0 Å². The monoisotopic (exact) mass is 390 g/mol. The van der Waals surface area contributed by atoms with Crippen molar-refractivity contribution in [3.05, 3.63) is 108 Å². The molecule has 0 N–H and O–H groups in total. The van der Waals surface area contributed by atoms with Gasteiger partial charge in [0.15, 0.2) is 5.78 Å². The largest absolute Gasteiger partial charge is 0.296 e. The Morgan fingerprint density at radius 2 is 1.47 bits per heavy atom. The number of benzene rings is 3. The van der Waals surface area contributed by atoms with Crippen molar-refractivity contribution in [1.29, 1.82) is 0 Å². The zero-order chi connectivity index (χ0) is 20.7. The van der Waals surface area contributed by atoms with Gasteiger partial charge in [-0.25, -0.2) is 4.98 Å². The smallest absolute Gasteiger partial charge is 0.209 e. The van der Waals surface area contributed by atoms with Gasteiger partial charge >= 0.3 is 0 Å². The Balaban J connectivity index is 1.63. The van der Waals surface area contributed by atoms with Gasteiger partial charge in [-0.05, 0) is 30.2 Å². The van der Waals surface area contributed by atoms with Crippen molar-refractivity contribution in [2.75, 3.05) is 0 Å².